The van der Waals surface area contributed by atoms with Crippen molar-refractivity contribution in [3.8, 4) is 5.75 Å². The van der Waals surface area contributed by atoms with Crippen LogP contribution in [0.1, 0.15) is 24.6 Å². The van der Waals surface area contributed by atoms with E-state index in [1.807, 2.05) is 54.8 Å². The first-order valence-corrected chi connectivity index (χ1v) is 9.82. The monoisotopic (exact) mass is 358 g/mol. The molecule has 1 saturated heterocycles. The predicted molar refractivity (Wildman–Crippen MR) is 102 cm³/mol. The molecular formula is C20H26N2O2S. The summed E-state index contributed by atoms with van der Waals surface area (Å²) < 4.78 is 5.87. The number of nitrogens with zero attached hydrogens (tertiary/aromatic N) is 1. The summed E-state index contributed by atoms with van der Waals surface area (Å²) in [5, 5.41) is 5.08. The zero-order chi connectivity index (χ0) is 17.5. The van der Waals surface area contributed by atoms with E-state index in [0.717, 1.165) is 38.3 Å². The molecule has 1 atom stereocenters. The fraction of sp³-hybridized carbons (Fsp3) is 0.450. The quantitative estimate of drug-likeness (QED) is 0.823. The fourth-order valence-electron chi connectivity index (χ4n) is 3.14. The van der Waals surface area contributed by atoms with Gasteiger partial charge in [-0.3, -0.25) is 9.69 Å². The van der Waals surface area contributed by atoms with Crippen LogP contribution in [0.4, 0.5) is 0 Å². The van der Waals surface area contributed by atoms with Crippen LogP contribution in [0.15, 0.2) is 47.8 Å². The highest BCUT2D eigenvalue weighted by atomic mass is 32.1. The van der Waals surface area contributed by atoms with Crippen molar-refractivity contribution < 1.29 is 9.53 Å². The van der Waals surface area contributed by atoms with Gasteiger partial charge in [-0.25, -0.2) is 0 Å². The molecule has 1 aromatic heterocycles. The van der Waals surface area contributed by atoms with Crippen LogP contribution >= 0.6 is 11.3 Å². The highest BCUT2D eigenvalue weighted by Gasteiger charge is 2.26. The van der Waals surface area contributed by atoms with Gasteiger partial charge in [-0.1, -0.05) is 24.3 Å². The minimum Gasteiger partial charge on any atom is -0.493 e. The molecule has 5 heteroatoms. The van der Waals surface area contributed by atoms with Crippen LogP contribution in [0.25, 0.3) is 0 Å². The highest BCUT2D eigenvalue weighted by Crippen LogP contribution is 2.21. The van der Waals surface area contributed by atoms with Gasteiger partial charge in [0, 0.05) is 4.88 Å². The number of hydrogen-bond acceptors (Lipinski definition) is 4. The number of likely N-dealkylation sites (tertiary alicyclic amines) is 1. The van der Waals surface area contributed by atoms with Gasteiger partial charge < -0.3 is 10.1 Å². The van der Waals surface area contributed by atoms with Crippen LogP contribution in [0.5, 0.6) is 5.75 Å². The third-order valence-corrected chi connectivity index (χ3v) is 5.70. The third-order valence-electron chi connectivity index (χ3n) is 4.82. The van der Waals surface area contributed by atoms with Gasteiger partial charge in [0.15, 0.2) is 0 Å². The summed E-state index contributed by atoms with van der Waals surface area (Å²) >= 11 is 1.67. The zero-order valence-corrected chi connectivity index (χ0v) is 15.5. The number of thiophene rings is 1. The zero-order valence-electron chi connectivity index (χ0n) is 14.7. The number of nitrogens with one attached hydrogen (secondary N) is 1. The van der Waals surface area contributed by atoms with Crippen molar-refractivity contribution in [2.45, 2.75) is 32.4 Å². The number of amides is 1. The molecule has 1 aliphatic rings. The average molecular weight is 359 g/mol. The second kappa shape index (κ2) is 9.02. The molecule has 1 unspecified atom stereocenters. The van der Waals surface area contributed by atoms with Crippen molar-refractivity contribution in [1.29, 1.82) is 0 Å². The maximum atomic E-state index is 12.4. The number of ether oxygens (including phenoxy) is 1. The van der Waals surface area contributed by atoms with Crippen LogP contribution < -0.4 is 10.1 Å². The fourth-order valence-corrected chi connectivity index (χ4v) is 3.78. The van der Waals surface area contributed by atoms with Crippen molar-refractivity contribution in [1.82, 2.24) is 10.2 Å². The van der Waals surface area contributed by atoms with Crippen molar-refractivity contribution in [2.24, 2.45) is 5.92 Å². The van der Waals surface area contributed by atoms with Crippen molar-refractivity contribution >= 4 is 17.2 Å². The number of carbonyl (C=O) groups is 1. The van der Waals surface area contributed by atoms with Crippen LogP contribution in [0.3, 0.4) is 0 Å². The summed E-state index contributed by atoms with van der Waals surface area (Å²) in [6, 6.07) is 14.0. The molecular weight excluding hydrogens is 332 g/mol. The molecule has 0 radical (unpaired) electrons. The van der Waals surface area contributed by atoms with E-state index in [-0.39, 0.29) is 11.9 Å². The Labute approximate surface area is 153 Å². The molecule has 4 nitrogen and oxygen atoms in total. The van der Waals surface area contributed by atoms with Crippen LogP contribution in [0.2, 0.25) is 0 Å². The van der Waals surface area contributed by atoms with E-state index in [2.05, 4.69) is 10.2 Å². The molecule has 1 fully saturated rings. The Kier molecular flexibility index (Phi) is 6.48. The summed E-state index contributed by atoms with van der Waals surface area (Å²) in [5.74, 6) is 1.62. The number of carbonyl (C=O) groups excluding carboxylic acids is 1. The van der Waals surface area contributed by atoms with E-state index < -0.39 is 0 Å². The van der Waals surface area contributed by atoms with E-state index in [4.69, 9.17) is 4.74 Å². The minimum atomic E-state index is -0.0732. The lowest BCUT2D eigenvalue weighted by Gasteiger charge is -2.35. The predicted octanol–water partition coefficient (Wildman–Crippen LogP) is 3.54. The second-order valence-electron chi connectivity index (χ2n) is 6.58. The van der Waals surface area contributed by atoms with Gasteiger partial charge in [-0.15, -0.1) is 11.3 Å². The molecule has 0 saturated carbocycles. The molecule has 2 heterocycles. The topological polar surface area (TPSA) is 41.6 Å². The van der Waals surface area contributed by atoms with E-state index in [1.165, 1.54) is 4.88 Å². The molecule has 0 spiro atoms. The average Bonchev–Trinajstić information content (AvgIpc) is 3.19. The lowest BCUT2D eigenvalue weighted by molar-refractivity contribution is -0.126. The molecule has 1 amide bonds. The summed E-state index contributed by atoms with van der Waals surface area (Å²) in [7, 11) is 0. The number of para-hydroxylation sites is 1. The Balaban J connectivity index is 1.38. The SMILES string of the molecule is CC(C(=O)NCc1cccs1)N1CCC(COc2ccccc2)CC1. The van der Waals surface area contributed by atoms with Gasteiger partial charge in [-0.05, 0) is 62.4 Å². The van der Waals surface area contributed by atoms with Crippen LogP contribution in [0, 0.1) is 5.92 Å². The van der Waals surface area contributed by atoms with Gasteiger partial charge in [0.05, 0.1) is 19.2 Å². The molecule has 1 aliphatic heterocycles. The van der Waals surface area contributed by atoms with Crippen molar-refractivity contribution in [2.75, 3.05) is 19.7 Å². The Morgan fingerprint density at radius 1 is 1.24 bits per heavy atom. The normalized spacial score (nSPS) is 17.2. The molecule has 25 heavy (non-hydrogen) atoms. The molecule has 1 N–H and O–H groups in total. The Bertz CT molecular complexity index is 637. The van der Waals surface area contributed by atoms with Gasteiger partial charge in [0.25, 0.3) is 0 Å². The van der Waals surface area contributed by atoms with Gasteiger partial charge >= 0.3 is 0 Å². The molecule has 2 aromatic rings. The molecule has 0 aliphatic carbocycles. The highest BCUT2D eigenvalue weighted by molar-refractivity contribution is 7.09. The standard InChI is InChI=1S/C20H26N2O2S/c1-16(20(23)21-14-19-8-5-13-25-19)22-11-9-17(10-12-22)15-24-18-6-3-2-4-7-18/h2-8,13,16-17H,9-12,14-15H2,1H3,(H,21,23). The van der Waals surface area contributed by atoms with Crippen molar-refractivity contribution in [3.63, 3.8) is 0 Å². The van der Waals surface area contributed by atoms with E-state index >= 15 is 0 Å². The molecule has 3 rings (SSSR count). The van der Waals surface area contributed by atoms with Gasteiger partial charge in [-0.2, -0.15) is 0 Å². The molecule has 0 bridgehead atoms. The van der Waals surface area contributed by atoms with Crippen LogP contribution in [-0.2, 0) is 11.3 Å². The first-order chi connectivity index (χ1) is 12.2. The molecule has 134 valence electrons. The number of benzene rings is 1. The van der Waals surface area contributed by atoms with Crippen molar-refractivity contribution in [3.05, 3.63) is 52.7 Å². The first-order valence-electron chi connectivity index (χ1n) is 8.94. The lowest BCUT2D eigenvalue weighted by atomic mass is 9.96. The molecule has 1 aromatic carbocycles. The number of hydrogen-bond donors (Lipinski definition) is 1. The van der Waals surface area contributed by atoms with Gasteiger partial charge in [0.1, 0.15) is 5.75 Å². The Hall–Kier alpha value is -1.85. The minimum absolute atomic E-state index is 0.0732. The maximum absolute atomic E-state index is 12.4. The van der Waals surface area contributed by atoms with E-state index in [9.17, 15) is 4.79 Å². The lowest BCUT2D eigenvalue weighted by Crippen LogP contribution is -2.48. The Morgan fingerprint density at radius 3 is 2.68 bits per heavy atom. The summed E-state index contributed by atoms with van der Waals surface area (Å²) in [5.41, 5.74) is 0. The number of rotatable bonds is 7. The van der Waals surface area contributed by atoms with E-state index in [0.29, 0.717) is 12.5 Å². The summed E-state index contributed by atoms with van der Waals surface area (Å²) in [6.45, 7) is 5.30. The largest absolute Gasteiger partial charge is 0.493 e. The van der Waals surface area contributed by atoms with E-state index in [1.54, 1.807) is 11.3 Å². The smallest absolute Gasteiger partial charge is 0.237 e. The first kappa shape index (κ1) is 18.0. The van der Waals surface area contributed by atoms with Crippen LogP contribution in [-0.4, -0.2) is 36.5 Å². The Morgan fingerprint density at radius 2 is 2.00 bits per heavy atom. The third kappa shape index (κ3) is 5.31. The number of piperidine rings is 1. The second-order valence-corrected chi connectivity index (χ2v) is 7.61. The summed E-state index contributed by atoms with van der Waals surface area (Å²) in [4.78, 5) is 15.8. The maximum Gasteiger partial charge on any atom is 0.237 e. The summed E-state index contributed by atoms with van der Waals surface area (Å²) in [6.07, 6.45) is 2.16. The van der Waals surface area contributed by atoms with Gasteiger partial charge in [0.2, 0.25) is 5.91 Å².